The number of amides is 1. The van der Waals surface area contributed by atoms with E-state index >= 15 is 0 Å². The summed E-state index contributed by atoms with van der Waals surface area (Å²) in [5.74, 6) is -1.66. The number of hydrogen-bond donors (Lipinski definition) is 1. The molecule has 36 heavy (non-hydrogen) atoms. The van der Waals surface area contributed by atoms with E-state index in [0.29, 0.717) is 47.6 Å². The number of nitrogens with zero attached hydrogens (tertiary/aromatic N) is 7. The summed E-state index contributed by atoms with van der Waals surface area (Å²) in [6.07, 6.45) is 3.62. The third kappa shape index (κ3) is 4.82. The zero-order chi connectivity index (χ0) is 25.7. The van der Waals surface area contributed by atoms with Crippen LogP contribution in [0.1, 0.15) is 27.2 Å². The number of nitrogens with one attached hydrogen (secondary N) is 1. The van der Waals surface area contributed by atoms with Crippen molar-refractivity contribution in [2.45, 2.75) is 44.8 Å². The molecular formula is C23H28F2N8O3. The van der Waals surface area contributed by atoms with Crippen molar-refractivity contribution in [3.63, 3.8) is 0 Å². The number of likely N-dealkylation sites (tertiary alicyclic amines) is 1. The van der Waals surface area contributed by atoms with Gasteiger partial charge in [-0.3, -0.25) is 0 Å². The number of halogens is 2. The minimum absolute atomic E-state index is 0.0305. The van der Waals surface area contributed by atoms with E-state index in [2.05, 4.69) is 25.4 Å². The molecule has 192 valence electrons. The monoisotopic (exact) mass is 502 g/mol. The summed E-state index contributed by atoms with van der Waals surface area (Å²) < 4.78 is 39.3. The number of carbonyl (C=O) groups is 1. The van der Waals surface area contributed by atoms with Gasteiger partial charge in [0.15, 0.2) is 17.2 Å². The molecule has 1 atom stereocenters. The number of imidazole rings is 1. The summed E-state index contributed by atoms with van der Waals surface area (Å²) in [6.45, 7) is 5.71. The second-order valence-corrected chi connectivity index (χ2v) is 9.98. The number of ether oxygens (including phenoxy) is 2. The van der Waals surface area contributed by atoms with Crippen LogP contribution in [-0.4, -0.2) is 86.4 Å². The van der Waals surface area contributed by atoms with Crippen LogP contribution in [0.25, 0.3) is 17.0 Å². The van der Waals surface area contributed by atoms with Crippen molar-refractivity contribution >= 4 is 23.5 Å². The van der Waals surface area contributed by atoms with Gasteiger partial charge >= 0.3 is 6.09 Å². The molecule has 3 aromatic rings. The van der Waals surface area contributed by atoms with Gasteiger partial charge in [-0.05, 0) is 33.3 Å². The highest BCUT2D eigenvalue weighted by Gasteiger charge is 2.45. The Morgan fingerprint density at radius 3 is 2.72 bits per heavy atom. The molecule has 2 aliphatic heterocycles. The highest BCUT2D eigenvalue weighted by atomic mass is 19.3. The lowest BCUT2D eigenvalue weighted by Gasteiger charge is -2.39. The predicted octanol–water partition coefficient (Wildman–Crippen LogP) is 3.07. The van der Waals surface area contributed by atoms with E-state index in [1.54, 1.807) is 33.9 Å². The average Bonchev–Trinajstić information content (AvgIpc) is 3.42. The Bertz CT molecular complexity index is 1280. The molecule has 0 aromatic carbocycles. The largest absolute Gasteiger partial charge is 0.493 e. The van der Waals surface area contributed by atoms with Gasteiger partial charge in [0.25, 0.3) is 5.92 Å². The second-order valence-electron chi connectivity index (χ2n) is 9.98. The van der Waals surface area contributed by atoms with Crippen LogP contribution < -0.4 is 15.0 Å². The van der Waals surface area contributed by atoms with Gasteiger partial charge in [-0.15, -0.1) is 5.10 Å². The fourth-order valence-corrected chi connectivity index (χ4v) is 4.22. The zero-order valence-electron chi connectivity index (χ0n) is 20.5. The minimum atomic E-state index is -2.74. The number of carbonyl (C=O) groups excluding carboxylic acids is 1. The van der Waals surface area contributed by atoms with E-state index < -0.39 is 24.6 Å². The second kappa shape index (κ2) is 8.71. The van der Waals surface area contributed by atoms with Gasteiger partial charge in [0.05, 0.1) is 32.1 Å². The van der Waals surface area contributed by atoms with E-state index in [-0.39, 0.29) is 12.1 Å². The summed E-state index contributed by atoms with van der Waals surface area (Å²) >= 11 is 0. The number of fused-ring (bicyclic) bond motifs is 1. The maximum atomic E-state index is 13.5. The molecule has 0 bridgehead atoms. The molecule has 0 radical (unpaired) electrons. The summed E-state index contributed by atoms with van der Waals surface area (Å²) in [5.41, 5.74) is 1.07. The summed E-state index contributed by atoms with van der Waals surface area (Å²) in [6, 6.07) is 3.35. The van der Waals surface area contributed by atoms with Crippen LogP contribution in [0.5, 0.6) is 5.75 Å². The first-order valence-electron chi connectivity index (χ1n) is 11.6. The van der Waals surface area contributed by atoms with Gasteiger partial charge in [0.2, 0.25) is 5.95 Å². The zero-order valence-corrected chi connectivity index (χ0v) is 20.5. The molecule has 0 aliphatic carbocycles. The van der Waals surface area contributed by atoms with Crippen LogP contribution in [0.2, 0.25) is 0 Å². The maximum Gasteiger partial charge on any atom is 0.410 e. The Morgan fingerprint density at radius 2 is 2.03 bits per heavy atom. The van der Waals surface area contributed by atoms with Crippen molar-refractivity contribution in [1.82, 2.24) is 29.5 Å². The lowest BCUT2D eigenvalue weighted by atomic mass is 10.1. The van der Waals surface area contributed by atoms with Crippen LogP contribution >= 0.6 is 0 Å². The molecule has 1 N–H and O–H groups in total. The summed E-state index contributed by atoms with van der Waals surface area (Å²) in [4.78, 5) is 28.8. The van der Waals surface area contributed by atoms with Crippen molar-refractivity contribution in [2.75, 3.05) is 43.5 Å². The fraction of sp³-hybridized carbons (Fsp3) is 0.522. The Kier molecular flexibility index (Phi) is 5.80. The molecule has 5 heterocycles. The Morgan fingerprint density at radius 1 is 1.25 bits per heavy atom. The van der Waals surface area contributed by atoms with E-state index in [9.17, 15) is 13.6 Å². The average molecular weight is 503 g/mol. The first-order chi connectivity index (χ1) is 17.0. The number of methoxy groups -OCH3 is 1. The lowest BCUT2D eigenvalue weighted by molar-refractivity contribution is -0.0270. The molecule has 1 amide bonds. The van der Waals surface area contributed by atoms with Crippen molar-refractivity contribution in [3.05, 3.63) is 24.5 Å². The van der Waals surface area contributed by atoms with Gasteiger partial charge in [0.1, 0.15) is 11.3 Å². The number of hydrogen-bond acceptors (Lipinski definition) is 9. The molecule has 2 saturated heterocycles. The lowest BCUT2D eigenvalue weighted by Crippen LogP contribution is -2.56. The Hall–Kier alpha value is -3.77. The number of aromatic nitrogens is 5. The maximum absolute atomic E-state index is 13.5. The van der Waals surface area contributed by atoms with Crippen molar-refractivity contribution < 1.29 is 23.0 Å². The van der Waals surface area contributed by atoms with Crippen LogP contribution in [0.15, 0.2) is 24.5 Å². The number of rotatable bonds is 5. The Balaban J connectivity index is 1.35. The van der Waals surface area contributed by atoms with E-state index in [4.69, 9.17) is 9.47 Å². The first-order valence-corrected chi connectivity index (χ1v) is 11.6. The van der Waals surface area contributed by atoms with Crippen LogP contribution in [-0.2, 0) is 4.74 Å². The molecule has 1 unspecified atom stereocenters. The third-order valence-corrected chi connectivity index (χ3v) is 5.89. The third-order valence-electron chi connectivity index (χ3n) is 5.89. The smallest absolute Gasteiger partial charge is 0.410 e. The number of alkyl halides is 2. The standard InChI is InChI=1S/C23H28F2N8O3/c1-22(2,3)36-21(34)31-8-6-14(11-31)28-20-26-7-5-15(29-20)16-10-27-18-9-17(35-4)19(30-33(16)18)32-12-23(24,25)13-32/h5,7,9-10,14H,6,8,11-13H2,1-4H3,(H,26,28,29). The first kappa shape index (κ1) is 23.9. The van der Waals surface area contributed by atoms with Crippen molar-refractivity contribution in [2.24, 2.45) is 0 Å². The highest BCUT2D eigenvalue weighted by molar-refractivity contribution is 5.69. The normalized spacial score (nSPS) is 19.3. The van der Waals surface area contributed by atoms with Crippen molar-refractivity contribution in [1.29, 1.82) is 0 Å². The van der Waals surface area contributed by atoms with Crippen molar-refractivity contribution in [3.8, 4) is 17.1 Å². The van der Waals surface area contributed by atoms with Gasteiger partial charge in [0, 0.05) is 31.4 Å². The predicted molar refractivity (Wildman–Crippen MR) is 128 cm³/mol. The van der Waals surface area contributed by atoms with Crippen LogP contribution in [0.4, 0.5) is 25.3 Å². The molecule has 2 fully saturated rings. The van der Waals surface area contributed by atoms with E-state index in [1.165, 1.54) is 12.0 Å². The molecule has 0 spiro atoms. The van der Waals surface area contributed by atoms with Crippen LogP contribution in [0, 0.1) is 0 Å². The van der Waals surface area contributed by atoms with E-state index in [0.717, 1.165) is 6.42 Å². The van der Waals surface area contributed by atoms with Gasteiger partial charge < -0.3 is 24.6 Å². The van der Waals surface area contributed by atoms with E-state index in [1.807, 2.05) is 20.8 Å². The topological polar surface area (TPSA) is 110 Å². The molecular weight excluding hydrogens is 474 g/mol. The quantitative estimate of drug-likeness (QED) is 0.563. The Labute approximate surface area is 206 Å². The molecule has 3 aromatic heterocycles. The molecule has 0 saturated carbocycles. The summed E-state index contributed by atoms with van der Waals surface area (Å²) in [7, 11) is 1.47. The molecule has 5 rings (SSSR count). The number of anilines is 2. The fourth-order valence-electron chi connectivity index (χ4n) is 4.22. The summed E-state index contributed by atoms with van der Waals surface area (Å²) in [5, 5.41) is 7.82. The highest BCUT2D eigenvalue weighted by Crippen LogP contribution is 2.36. The SMILES string of the molecule is COc1cc2ncc(-c3ccnc(NC4CCN(C(=O)OC(C)(C)C)C4)n3)n2nc1N1CC(F)(F)C1. The van der Waals surface area contributed by atoms with Crippen LogP contribution in [0.3, 0.4) is 0 Å². The van der Waals surface area contributed by atoms with Gasteiger partial charge in [-0.1, -0.05) is 0 Å². The molecule has 13 heteroatoms. The molecule has 11 nitrogen and oxygen atoms in total. The van der Waals surface area contributed by atoms with Gasteiger partial charge in [-0.25, -0.2) is 33.0 Å². The van der Waals surface area contributed by atoms with Gasteiger partial charge in [-0.2, -0.15) is 0 Å². The molecule has 2 aliphatic rings. The minimum Gasteiger partial charge on any atom is -0.493 e.